The molecule has 0 atom stereocenters. The van der Waals surface area contributed by atoms with Gasteiger partial charge in [0.1, 0.15) is 0 Å². The standard InChI is InChI=1S/C17H32/c1-4-5-6-7-8-9-10-11-12-13-14-15-16-17(2)3/h11-12,14-15,17H,4-10,13,16H2,1-3H3/b12-11+,15-14+. The third-order valence-electron chi connectivity index (χ3n) is 2.94. The summed E-state index contributed by atoms with van der Waals surface area (Å²) in [4.78, 5) is 0. The van der Waals surface area contributed by atoms with Gasteiger partial charge >= 0.3 is 0 Å². The van der Waals surface area contributed by atoms with Crippen molar-refractivity contribution in [2.75, 3.05) is 0 Å². The van der Waals surface area contributed by atoms with E-state index in [1.165, 1.54) is 51.4 Å². The Hall–Kier alpha value is -0.520. The molecule has 0 aliphatic heterocycles. The maximum absolute atomic E-state index is 2.35. The predicted octanol–water partition coefficient (Wildman–Crippen LogP) is 6.29. The van der Waals surface area contributed by atoms with Crippen molar-refractivity contribution in [3.05, 3.63) is 24.3 Å². The molecular weight excluding hydrogens is 204 g/mol. The zero-order valence-corrected chi connectivity index (χ0v) is 12.3. The van der Waals surface area contributed by atoms with Crippen LogP contribution in [0.4, 0.5) is 0 Å². The third kappa shape index (κ3) is 15.5. The van der Waals surface area contributed by atoms with Crippen LogP contribution in [0, 0.1) is 5.92 Å². The molecule has 0 radical (unpaired) electrons. The molecule has 0 aromatic rings. The molecule has 0 rings (SSSR count). The average Bonchev–Trinajstić information content (AvgIpc) is 2.30. The zero-order valence-electron chi connectivity index (χ0n) is 12.3. The lowest BCUT2D eigenvalue weighted by Crippen LogP contribution is -1.80. The fourth-order valence-electron chi connectivity index (χ4n) is 1.80. The first-order valence-corrected chi connectivity index (χ1v) is 7.57. The van der Waals surface area contributed by atoms with Gasteiger partial charge in [-0.3, -0.25) is 0 Å². The Labute approximate surface area is 109 Å². The van der Waals surface area contributed by atoms with Crippen LogP contribution in [0.25, 0.3) is 0 Å². The second-order valence-corrected chi connectivity index (χ2v) is 5.36. The first-order chi connectivity index (χ1) is 8.27. The lowest BCUT2D eigenvalue weighted by molar-refractivity contribution is 0.611. The summed E-state index contributed by atoms with van der Waals surface area (Å²) in [7, 11) is 0. The topological polar surface area (TPSA) is 0 Å². The van der Waals surface area contributed by atoms with Crippen LogP contribution < -0.4 is 0 Å². The van der Waals surface area contributed by atoms with E-state index in [0.29, 0.717) is 0 Å². The van der Waals surface area contributed by atoms with Crippen LogP contribution in [0.15, 0.2) is 24.3 Å². The molecule has 0 heterocycles. The van der Waals surface area contributed by atoms with Gasteiger partial charge in [-0.2, -0.15) is 0 Å². The van der Waals surface area contributed by atoms with E-state index >= 15 is 0 Å². The van der Waals surface area contributed by atoms with Gasteiger partial charge in [0.25, 0.3) is 0 Å². The lowest BCUT2D eigenvalue weighted by atomic mass is 10.1. The van der Waals surface area contributed by atoms with Gasteiger partial charge in [0.2, 0.25) is 0 Å². The van der Waals surface area contributed by atoms with Gasteiger partial charge in [-0.25, -0.2) is 0 Å². The molecule has 0 aromatic carbocycles. The number of hydrogen-bond acceptors (Lipinski definition) is 0. The largest absolute Gasteiger partial charge is 0.0882 e. The van der Waals surface area contributed by atoms with Crippen molar-refractivity contribution in [2.24, 2.45) is 5.92 Å². The summed E-state index contributed by atoms with van der Waals surface area (Å²) in [6, 6.07) is 0. The minimum absolute atomic E-state index is 0.790. The number of hydrogen-bond donors (Lipinski definition) is 0. The van der Waals surface area contributed by atoms with Crippen LogP contribution in [0.2, 0.25) is 0 Å². The summed E-state index contributed by atoms with van der Waals surface area (Å²) in [6.45, 7) is 6.80. The number of unbranched alkanes of at least 4 members (excludes halogenated alkanes) is 6. The molecule has 0 aliphatic rings. The lowest BCUT2D eigenvalue weighted by Gasteiger charge is -1.97. The highest BCUT2D eigenvalue weighted by molar-refractivity contribution is 4.92. The molecule has 0 amide bonds. The second kappa shape index (κ2) is 13.5. The van der Waals surface area contributed by atoms with Crippen molar-refractivity contribution >= 4 is 0 Å². The van der Waals surface area contributed by atoms with E-state index in [1.54, 1.807) is 0 Å². The van der Waals surface area contributed by atoms with Gasteiger partial charge in [0, 0.05) is 0 Å². The third-order valence-corrected chi connectivity index (χ3v) is 2.94. The SMILES string of the molecule is CCCCCCCC/C=C/C/C=C/CC(C)C. The highest BCUT2D eigenvalue weighted by Crippen LogP contribution is 2.07. The molecule has 100 valence electrons. The predicted molar refractivity (Wildman–Crippen MR) is 80.3 cm³/mol. The molecule has 0 saturated heterocycles. The maximum Gasteiger partial charge on any atom is -0.0169 e. The quantitative estimate of drug-likeness (QED) is 0.292. The van der Waals surface area contributed by atoms with E-state index in [9.17, 15) is 0 Å². The Balaban J connectivity index is 3.17. The molecule has 0 nitrogen and oxygen atoms in total. The summed E-state index contributed by atoms with van der Waals surface area (Å²) in [5.41, 5.74) is 0. The molecule has 0 spiro atoms. The van der Waals surface area contributed by atoms with Crippen molar-refractivity contribution < 1.29 is 0 Å². The van der Waals surface area contributed by atoms with E-state index in [4.69, 9.17) is 0 Å². The molecule has 0 bridgehead atoms. The number of rotatable bonds is 11. The van der Waals surface area contributed by atoms with Crippen molar-refractivity contribution in [3.63, 3.8) is 0 Å². The van der Waals surface area contributed by atoms with Crippen LogP contribution >= 0.6 is 0 Å². The van der Waals surface area contributed by atoms with E-state index < -0.39 is 0 Å². The smallest absolute Gasteiger partial charge is 0.0169 e. The Kier molecular flexibility index (Phi) is 13.1. The summed E-state index contributed by atoms with van der Waals surface area (Å²) in [5, 5.41) is 0. The van der Waals surface area contributed by atoms with E-state index in [-0.39, 0.29) is 0 Å². The summed E-state index contributed by atoms with van der Waals surface area (Å²) in [6.07, 6.45) is 21.2. The van der Waals surface area contributed by atoms with Gasteiger partial charge in [0.05, 0.1) is 0 Å². The minimum atomic E-state index is 0.790. The molecule has 0 fully saturated rings. The zero-order chi connectivity index (χ0) is 12.8. The maximum atomic E-state index is 2.35. The van der Waals surface area contributed by atoms with Crippen LogP contribution in [0.5, 0.6) is 0 Å². The van der Waals surface area contributed by atoms with Crippen molar-refractivity contribution in [1.82, 2.24) is 0 Å². The van der Waals surface area contributed by atoms with Crippen LogP contribution in [-0.4, -0.2) is 0 Å². The molecule has 0 N–H and O–H groups in total. The fraction of sp³-hybridized carbons (Fsp3) is 0.765. The number of allylic oxidation sites excluding steroid dienone is 4. The summed E-state index contributed by atoms with van der Waals surface area (Å²) < 4.78 is 0. The molecule has 0 aromatic heterocycles. The Bertz CT molecular complexity index is 186. The first kappa shape index (κ1) is 16.5. The van der Waals surface area contributed by atoms with Crippen LogP contribution in [0.3, 0.4) is 0 Å². The van der Waals surface area contributed by atoms with Crippen LogP contribution in [-0.2, 0) is 0 Å². The Morgan fingerprint density at radius 3 is 2.12 bits per heavy atom. The highest BCUT2D eigenvalue weighted by Gasteiger charge is 1.88. The summed E-state index contributed by atoms with van der Waals surface area (Å²) >= 11 is 0. The molecule has 0 aliphatic carbocycles. The molecule has 0 heteroatoms. The molecular formula is C17H32. The van der Waals surface area contributed by atoms with Crippen LogP contribution in [0.1, 0.15) is 78.6 Å². The highest BCUT2D eigenvalue weighted by atomic mass is 13.9. The van der Waals surface area contributed by atoms with Gasteiger partial charge in [-0.05, 0) is 31.6 Å². The van der Waals surface area contributed by atoms with Gasteiger partial charge in [-0.1, -0.05) is 77.2 Å². The van der Waals surface area contributed by atoms with Gasteiger partial charge in [0.15, 0.2) is 0 Å². The van der Waals surface area contributed by atoms with E-state index in [2.05, 4.69) is 45.1 Å². The second-order valence-electron chi connectivity index (χ2n) is 5.36. The molecule has 0 saturated carbocycles. The normalized spacial score (nSPS) is 12.2. The van der Waals surface area contributed by atoms with Gasteiger partial charge < -0.3 is 0 Å². The average molecular weight is 236 g/mol. The van der Waals surface area contributed by atoms with E-state index in [1.807, 2.05) is 0 Å². The monoisotopic (exact) mass is 236 g/mol. The van der Waals surface area contributed by atoms with Crippen molar-refractivity contribution in [1.29, 1.82) is 0 Å². The minimum Gasteiger partial charge on any atom is -0.0882 e. The Morgan fingerprint density at radius 1 is 0.765 bits per heavy atom. The van der Waals surface area contributed by atoms with E-state index in [0.717, 1.165) is 12.3 Å². The Morgan fingerprint density at radius 2 is 1.41 bits per heavy atom. The molecule has 0 unspecified atom stereocenters. The molecule has 17 heavy (non-hydrogen) atoms. The van der Waals surface area contributed by atoms with Crippen molar-refractivity contribution in [2.45, 2.75) is 78.6 Å². The van der Waals surface area contributed by atoms with Gasteiger partial charge in [-0.15, -0.1) is 0 Å². The summed E-state index contributed by atoms with van der Waals surface area (Å²) in [5.74, 6) is 0.790. The fourth-order valence-corrected chi connectivity index (χ4v) is 1.80. The van der Waals surface area contributed by atoms with Crippen molar-refractivity contribution in [3.8, 4) is 0 Å². The first-order valence-electron chi connectivity index (χ1n) is 7.57.